The van der Waals surface area contributed by atoms with Gasteiger partial charge in [-0.3, -0.25) is 0 Å². The van der Waals surface area contributed by atoms with E-state index in [0.717, 1.165) is 0 Å². The Balaban J connectivity index is 3.01. The summed E-state index contributed by atoms with van der Waals surface area (Å²) in [5.74, 6) is -4.08. The minimum absolute atomic E-state index is 0.102. The number of rotatable bonds is 5. The van der Waals surface area contributed by atoms with Gasteiger partial charge in [-0.25, -0.2) is 18.4 Å². The predicted octanol–water partition coefficient (Wildman–Crippen LogP) is 2.43. The average Bonchev–Trinajstić information content (AvgIpc) is 2.43. The van der Waals surface area contributed by atoms with E-state index in [1.165, 1.54) is 4.90 Å². The van der Waals surface area contributed by atoms with Gasteiger partial charge in [-0.1, -0.05) is 0 Å². The van der Waals surface area contributed by atoms with Gasteiger partial charge in [-0.05, 0) is 13.0 Å². The normalized spacial score (nSPS) is 9.81. The number of benzene rings is 1. The molecule has 1 aromatic carbocycles. The molecule has 0 aliphatic rings. The van der Waals surface area contributed by atoms with Crippen LogP contribution < -0.4 is 5.32 Å². The number of aromatic carboxylic acids is 1. The Bertz CT molecular complexity index is 599. The number of hydrogen-bond donors (Lipinski definition) is 2. The lowest BCUT2D eigenvalue weighted by molar-refractivity contribution is 0.0697. The van der Waals surface area contributed by atoms with Gasteiger partial charge in [0.15, 0.2) is 11.6 Å². The van der Waals surface area contributed by atoms with Crippen LogP contribution in [0.3, 0.4) is 0 Å². The van der Waals surface area contributed by atoms with E-state index in [0.29, 0.717) is 12.1 Å². The number of nitrogens with zero attached hydrogens (tertiary/aromatic N) is 2. The number of carboxylic acids is 1. The van der Waals surface area contributed by atoms with Crippen LogP contribution in [0, 0.1) is 23.0 Å². The molecule has 2 amide bonds. The van der Waals surface area contributed by atoms with Gasteiger partial charge in [0.1, 0.15) is 0 Å². The molecule has 112 valence electrons. The van der Waals surface area contributed by atoms with Crippen molar-refractivity contribution < 1.29 is 23.5 Å². The number of nitrogens with one attached hydrogen (secondary N) is 1. The molecular formula is C13H13F2N3O3. The van der Waals surface area contributed by atoms with Crippen molar-refractivity contribution in [2.75, 3.05) is 18.4 Å². The van der Waals surface area contributed by atoms with Crippen LogP contribution in [0.15, 0.2) is 12.1 Å². The summed E-state index contributed by atoms with van der Waals surface area (Å²) in [4.78, 5) is 24.1. The summed E-state index contributed by atoms with van der Waals surface area (Å²) in [5, 5.41) is 19.6. The van der Waals surface area contributed by atoms with E-state index in [4.69, 9.17) is 10.4 Å². The van der Waals surface area contributed by atoms with E-state index in [1.807, 2.05) is 6.07 Å². The highest BCUT2D eigenvalue weighted by Gasteiger charge is 2.19. The van der Waals surface area contributed by atoms with E-state index < -0.39 is 29.2 Å². The van der Waals surface area contributed by atoms with Crippen LogP contribution >= 0.6 is 0 Å². The lowest BCUT2D eigenvalue weighted by atomic mass is 10.1. The fourth-order valence-corrected chi connectivity index (χ4v) is 1.61. The van der Waals surface area contributed by atoms with Gasteiger partial charge < -0.3 is 15.3 Å². The van der Waals surface area contributed by atoms with Gasteiger partial charge in [0.25, 0.3) is 0 Å². The first-order valence-corrected chi connectivity index (χ1v) is 6.05. The van der Waals surface area contributed by atoms with E-state index in [9.17, 15) is 18.4 Å². The highest BCUT2D eigenvalue weighted by atomic mass is 19.2. The van der Waals surface area contributed by atoms with Gasteiger partial charge in [0, 0.05) is 19.2 Å². The van der Waals surface area contributed by atoms with Crippen LogP contribution in [0.25, 0.3) is 0 Å². The average molecular weight is 297 g/mol. The van der Waals surface area contributed by atoms with Crippen LogP contribution in [0.5, 0.6) is 0 Å². The molecule has 0 unspecified atom stereocenters. The zero-order valence-electron chi connectivity index (χ0n) is 11.2. The van der Waals surface area contributed by atoms with E-state index in [-0.39, 0.29) is 25.2 Å². The molecule has 0 atom stereocenters. The summed E-state index contributed by atoms with van der Waals surface area (Å²) < 4.78 is 26.2. The Labute approximate surface area is 119 Å². The molecule has 0 bridgehead atoms. The van der Waals surface area contributed by atoms with Crippen LogP contribution in [0.4, 0.5) is 19.3 Å². The van der Waals surface area contributed by atoms with Crippen molar-refractivity contribution in [3.05, 3.63) is 29.3 Å². The number of nitriles is 1. The van der Waals surface area contributed by atoms with Gasteiger partial charge in [-0.2, -0.15) is 5.26 Å². The lowest BCUT2D eigenvalue weighted by Crippen LogP contribution is -2.35. The highest BCUT2D eigenvalue weighted by Crippen LogP contribution is 2.20. The molecule has 2 N–H and O–H groups in total. The van der Waals surface area contributed by atoms with Crippen LogP contribution in [0.2, 0.25) is 0 Å². The molecule has 0 radical (unpaired) electrons. The number of carboxylic acid groups (broad SMARTS) is 1. The monoisotopic (exact) mass is 297 g/mol. The van der Waals surface area contributed by atoms with Crippen molar-refractivity contribution in [2.24, 2.45) is 0 Å². The first kappa shape index (κ1) is 16.4. The molecule has 1 aromatic rings. The molecule has 21 heavy (non-hydrogen) atoms. The van der Waals surface area contributed by atoms with Gasteiger partial charge in [0.2, 0.25) is 0 Å². The molecule has 0 aliphatic heterocycles. The minimum atomic E-state index is -1.50. The fraction of sp³-hybridized carbons (Fsp3) is 0.308. The van der Waals surface area contributed by atoms with Gasteiger partial charge in [-0.15, -0.1) is 0 Å². The number of hydrogen-bond acceptors (Lipinski definition) is 3. The highest BCUT2D eigenvalue weighted by molar-refractivity contribution is 6.00. The van der Waals surface area contributed by atoms with Crippen LogP contribution in [-0.4, -0.2) is 35.1 Å². The molecule has 8 heteroatoms. The Morgan fingerprint density at radius 2 is 2.00 bits per heavy atom. The van der Waals surface area contributed by atoms with E-state index in [2.05, 4.69) is 5.32 Å². The molecule has 0 fully saturated rings. The second kappa shape index (κ2) is 7.19. The first-order chi connectivity index (χ1) is 9.90. The Morgan fingerprint density at radius 1 is 1.38 bits per heavy atom. The number of carbonyl (C=O) groups is 2. The Hall–Kier alpha value is -2.69. The topological polar surface area (TPSA) is 93.4 Å². The van der Waals surface area contributed by atoms with Crippen LogP contribution in [0.1, 0.15) is 23.7 Å². The maximum atomic E-state index is 13.2. The molecule has 6 nitrogen and oxygen atoms in total. The van der Waals surface area contributed by atoms with Crippen LogP contribution in [-0.2, 0) is 0 Å². The smallest absolute Gasteiger partial charge is 0.337 e. The minimum Gasteiger partial charge on any atom is -0.478 e. The van der Waals surface area contributed by atoms with E-state index in [1.54, 1.807) is 6.92 Å². The molecule has 0 saturated heterocycles. The number of urea groups is 1. The van der Waals surface area contributed by atoms with Crippen molar-refractivity contribution in [3.63, 3.8) is 0 Å². The van der Waals surface area contributed by atoms with Gasteiger partial charge in [0.05, 0.1) is 23.7 Å². The quantitative estimate of drug-likeness (QED) is 0.872. The third-order valence-electron chi connectivity index (χ3n) is 2.69. The third-order valence-corrected chi connectivity index (χ3v) is 2.69. The molecule has 0 saturated carbocycles. The second-order valence-corrected chi connectivity index (χ2v) is 4.03. The number of halogens is 2. The largest absolute Gasteiger partial charge is 0.478 e. The van der Waals surface area contributed by atoms with Gasteiger partial charge >= 0.3 is 12.0 Å². The van der Waals surface area contributed by atoms with Crippen molar-refractivity contribution in [2.45, 2.75) is 13.3 Å². The van der Waals surface area contributed by atoms with Crippen molar-refractivity contribution >= 4 is 17.7 Å². The zero-order chi connectivity index (χ0) is 16.0. The van der Waals surface area contributed by atoms with Crippen molar-refractivity contribution in [1.29, 1.82) is 5.26 Å². The Morgan fingerprint density at radius 3 is 2.52 bits per heavy atom. The zero-order valence-corrected chi connectivity index (χ0v) is 11.2. The summed E-state index contributed by atoms with van der Waals surface area (Å²) in [6.45, 7) is 2.09. The second-order valence-electron chi connectivity index (χ2n) is 4.03. The molecule has 0 heterocycles. The van der Waals surface area contributed by atoms with Crippen molar-refractivity contribution in [3.8, 4) is 6.07 Å². The first-order valence-electron chi connectivity index (χ1n) is 6.05. The standard InChI is InChI=1S/C13H13F2N3O3/c1-2-18(5-3-4-16)13(21)17-11-7-10(15)9(14)6-8(11)12(19)20/h6-7H,2-3,5H2,1H3,(H,17,21)(H,19,20). The van der Waals surface area contributed by atoms with E-state index >= 15 is 0 Å². The summed E-state index contributed by atoms with van der Waals surface area (Å²) in [5.41, 5.74) is -0.902. The van der Waals surface area contributed by atoms with Crippen molar-refractivity contribution in [1.82, 2.24) is 4.90 Å². The number of amides is 2. The number of anilines is 1. The summed E-state index contributed by atoms with van der Waals surface area (Å²) >= 11 is 0. The molecule has 0 aromatic heterocycles. The lowest BCUT2D eigenvalue weighted by Gasteiger charge is -2.20. The predicted molar refractivity (Wildman–Crippen MR) is 69.8 cm³/mol. The third kappa shape index (κ3) is 4.14. The molecular weight excluding hydrogens is 284 g/mol. The molecule has 0 aliphatic carbocycles. The summed E-state index contributed by atoms with van der Waals surface area (Å²) in [7, 11) is 0. The summed E-state index contributed by atoms with van der Waals surface area (Å²) in [6.07, 6.45) is 0.102. The number of carbonyl (C=O) groups excluding carboxylic acids is 1. The maximum Gasteiger partial charge on any atom is 0.337 e. The molecule has 0 spiro atoms. The SMILES string of the molecule is CCN(CCC#N)C(=O)Nc1cc(F)c(F)cc1C(=O)O. The summed E-state index contributed by atoms with van der Waals surface area (Å²) in [6, 6.07) is 2.28. The maximum absolute atomic E-state index is 13.2. The Kier molecular flexibility index (Phi) is 5.60. The molecule has 1 rings (SSSR count). The fourth-order valence-electron chi connectivity index (χ4n) is 1.61.